The largest absolute Gasteiger partial charge is 0.507 e. The standard InChI is InChI=1S/C14H18O/c1-3-10(2)11-6-4-8-13-12(11)7-5-9-14(13)15/h4-5,7-11,15H,3,6H2,1-2H3. The molecule has 1 aromatic carbocycles. The fourth-order valence-electron chi connectivity index (χ4n) is 2.36. The number of hydrogen-bond donors (Lipinski definition) is 1. The average molecular weight is 202 g/mol. The van der Waals surface area contributed by atoms with Crippen LogP contribution in [0.25, 0.3) is 6.08 Å². The lowest BCUT2D eigenvalue weighted by Crippen LogP contribution is -2.12. The first-order chi connectivity index (χ1) is 7.24. The molecule has 0 bridgehead atoms. The van der Waals surface area contributed by atoms with Gasteiger partial charge in [0.2, 0.25) is 0 Å². The first-order valence-electron chi connectivity index (χ1n) is 5.72. The minimum absolute atomic E-state index is 0.414. The van der Waals surface area contributed by atoms with Crippen molar-refractivity contribution in [3.63, 3.8) is 0 Å². The molecular weight excluding hydrogens is 184 g/mol. The zero-order chi connectivity index (χ0) is 10.8. The van der Waals surface area contributed by atoms with Crippen molar-refractivity contribution in [1.29, 1.82) is 0 Å². The van der Waals surface area contributed by atoms with E-state index in [4.69, 9.17) is 0 Å². The Labute approximate surface area is 91.4 Å². The maximum atomic E-state index is 9.78. The van der Waals surface area contributed by atoms with Gasteiger partial charge in [-0.25, -0.2) is 0 Å². The van der Waals surface area contributed by atoms with Crippen LogP contribution >= 0.6 is 0 Å². The van der Waals surface area contributed by atoms with Gasteiger partial charge < -0.3 is 5.11 Å². The Morgan fingerprint density at radius 2 is 2.27 bits per heavy atom. The van der Waals surface area contributed by atoms with Gasteiger partial charge in [0, 0.05) is 5.56 Å². The molecule has 0 saturated heterocycles. The number of phenols is 1. The van der Waals surface area contributed by atoms with Gasteiger partial charge in [-0.2, -0.15) is 0 Å². The summed E-state index contributed by atoms with van der Waals surface area (Å²) in [6.45, 7) is 4.52. The first-order valence-corrected chi connectivity index (χ1v) is 5.72. The third-order valence-electron chi connectivity index (χ3n) is 3.52. The van der Waals surface area contributed by atoms with Gasteiger partial charge in [-0.1, -0.05) is 44.6 Å². The summed E-state index contributed by atoms with van der Waals surface area (Å²) in [7, 11) is 0. The van der Waals surface area contributed by atoms with Crippen molar-refractivity contribution in [1.82, 2.24) is 0 Å². The van der Waals surface area contributed by atoms with Crippen LogP contribution < -0.4 is 0 Å². The summed E-state index contributed by atoms with van der Waals surface area (Å²) >= 11 is 0. The number of allylic oxidation sites excluding steroid dienone is 1. The molecule has 80 valence electrons. The van der Waals surface area contributed by atoms with E-state index in [1.807, 2.05) is 12.1 Å². The SMILES string of the molecule is CCC(C)C1CC=Cc2c(O)cccc21. The van der Waals surface area contributed by atoms with E-state index in [0.717, 1.165) is 12.0 Å². The van der Waals surface area contributed by atoms with Crippen LogP contribution in [-0.2, 0) is 0 Å². The molecule has 1 nitrogen and oxygen atoms in total. The van der Waals surface area contributed by atoms with Gasteiger partial charge in [0.1, 0.15) is 5.75 Å². The second-order valence-electron chi connectivity index (χ2n) is 4.41. The Hall–Kier alpha value is -1.24. The molecule has 1 N–H and O–H groups in total. The normalized spacial score (nSPS) is 21.1. The van der Waals surface area contributed by atoms with Crippen molar-refractivity contribution >= 4 is 6.08 Å². The molecule has 2 unspecified atom stereocenters. The number of benzene rings is 1. The second-order valence-corrected chi connectivity index (χ2v) is 4.41. The van der Waals surface area contributed by atoms with Crippen LogP contribution in [0.4, 0.5) is 0 Å². The van der Waals surface area contributed by atoms with Gasteiger partial charge in [0.15, 0.2) is 0 Å². The average Bonchev–Trinajstić information content (AvgIpc) is 2.28. The topological polar surface area (TPSA) is 20.2 Å². The van der Waals surface area contributed by atoms with Crippen molar-refractivity contribution in [2.45, 2.75) is 32.6 Å². The van der Waals surface area contributed by atoms with Crippen LogP contribution in [0.3, 0.4) is 0 Å². The summed E-state index contributed by atoms with van der Waals surface area (Å²) in [6, 6.07) is 5.86. The molecule has 1 heteroatoms. The lowest BCUT2D eigenvalue weighted by Gasteiger charge is -2.27. The van der Waals surface area contributed by atoms with Gasteiger partial charge in [-0.15, -0.1) is 0 Å². The van der Waals surface area contributed by atoms with E-state index in [2.05, 4.69) is 26.0 Å². The van der Waals surface area contributed by atoms with Crippen molar-refractivity contribution in [3.8, 4) is 5.75 Å². The van der Waals surface area contributed by atoms with E-state index >= 15 is 0 Å². The highest BCUT2D eigenvalue weighted by Crippen LogP contribution is 2.39. The number of rotatable bonds is 2. The molecule has 2 rings (SSSR count). The Morgan fingerprint density at radius 3 is 3.00 bits per heavy atom. The van der Waals surface area contributed by atoms with E-state index in [0.29, 0.717) is 17.6 Å². The fraction of sp³-hybridized carbons (Fsp3) is 0.429. The van der Waals surface area contributed by atoms with Crippen LogP contribution in [0, 0.1) is 5.92 Å². The summed E-state index contributed by atoms with van der Waals surface area (Å²) in [5.41, 5.74) is 2.33. The van der Waals surface area contributed by atoms with Gasteiger partial charge >= 0.3 is 0 Å². The van der Waals surface area contributed by atoms with Crippen LogP contribution in [0.5, 0.6) is 5.75 Å². The lowest BCUT2D eigenvalue weighted by atomic mass is 9.78. The molecule has 0 aromatic heterocycles. The van der Waals surface area contributed by atoms with E-state index in [9.17, 15) is 5.11 Å². The Bertz CT molecular complexity index is 379. The van der Waals surface area contributed by atoms with E-state index in [1.54, 1.807) is 6.07 Å². The maximum Gasteiger partial charge on any atom is 0.123 e. The Morgan fingerprint density at radius 1 is 1.47 bits per heavy atom. The smallest absolute Gasteiger partial charge is 0.123 e. The van der Waals surface area contributed by atoms with E-state index in [-0.39, 0.29) is 0 Å². The van der Waals surface area contributed by atoms with Gasteiger partial charge in [0.05, 0.1) is 0 Å². The quantitative estimate of drug-likeness (QED) is 0.770. The summed E-state index contributed by atoms with van der Waals surface area (Å²) < 4.78 is 0. The third kappa shape index (κ3) is 1.79. The second kappa shape index (κ2) is 4.09. The Kier molecular flexibility index (Phi) is 2.81. The van der Waals surface area contributed by atoms with Crippen molar-refractivity contribution < 1.29 is 5.11 Å². The third-order valence-corrected chi connectivity index (χ3v) is 3.52. The summed E-state index contributed by atoms with van der Waals surface area (Å²) in [5.74, 6) is 1.66. The van der Waals surface area contributed by atoms with Gasteiger partial charge in [0.25, 0.3) is 0 Å². The zero-order valence-corrected chi connectivity index (χ0v) is 9.40. The minimum Gasteiger partial charge on any atom is -0.507 e. The first kappa shape index (κ1) is 10.3. The molecular formula is C14H18O. The number of aromatic hydroxyl groups is 1. The highest BCUT2D eigenvalue weighted by atomic mass is 16.3. The van der Waals surface area contributed by atoms with Crippen LogP contribution in [0.15, 0.2) is 24.3 Å². The lowest BCUT2D eigenvalue weighted by molar-refractivity contribution is 0.437. The van der Waals surface area contributed by atoms with Crippen molar-refractivity contribution in [3.05, 3.63) is 35.4 Å². The molecule has 15 heavy (non-hydrogen) atoms. The molecule has 1 aliphatic carbocycles. The molecule has 0 spiro atoms. The number of phenolic OH excluding ortho intramolecular Hbond substituents is 1. The molecule has 1 aromatic rings. The van der Waals surface area contributed by atoms with Crippen LogP contribution in [0.2, 0.25) is 0 Å². The molecule has 0 saturated carbocycles. The molecule has 0 radical (unpaired) electrons. The van der Waals surface area contributed by atoms with E-state index < -0.39 is 0 Å². The highest BCUT2D eigenvalue weighted by Gasteiger charge is 2.22. The summed E-state index contributed by atoms with van der Waals surface area (Å²) in [6.07, 6.45) is 6.52. The molecule has 1 aliphatic rings. The summed E-state index contributed by atoms with van der Waals surface area (Å²) in [4.78, 5) is 0. The minimum atomic E-state index is 0.414. The molecule has 2 atom stereocenters. The van der Waals surface area contributed by atoms with Crippen molar-refractivity contribution in [2.75, 3.05) is 0 Å². The zero-order valence-electron chi connectivity index (χ0n) is 9.40. The van der Waals surface area contributed by atoms with Crippen LogP contribution in [0.1, 0.15) is 43.7 Å². The number of fused-ring (bicyclic) bond motifs is 1. The highest BCUT2D eigenvalue weighted by molar-refractivity contribution is 5.63. The maximum absolute atomic E-state index is 9.78. The number of hydrogen-bond acceptors (Lipinski definition) is 1. The van der Waals surface area contributed by atoms with E-state index in [1.165, 1.54) is 12.0 Å². The van der Waals surface area contributed by atoms with Gasteiger partial charge in [-0.3, -0.25) is 0 Å². The predicted octanol–water partition coefficient (Wildman–Crippen LogP) is 3.94. The van der Waals surface area contributed by atoms with Gasteiger partial charge in [-0.05, 0) is 29.9 Å². The monoisotopic (exact) mass is 202 g/mol. The Balaban J connectivity index is 2.43. The molecule has 0 fully saturated rings. The molecule has 0 amide bonds. The summed E-state index contributed by atoms with van der Waals surface area (Å²) in [5, 5.41) is 9.78. The predicted molar refractivity (Wildman–Crippen MR) is 64.0 cm³/mol. The molecule has 0 aliphatic heterocycles. The van der Waals surface area contributed by atoms with Crippen molar-refractivity contribution in [2.24, 2.45) is 5.92 Å². The van der Waals surface area contributed by atoms with Crippen LogP contribution in [-0.4, -0.2) is 5.11 Å². The molecule has 0 heterocycles. The fourth-order valence-corrected chi connectivity index (χ4v) is 2.36.